The number of rotatable bonds is 5. The number of carbonyl (C=O) groups excluding carboxylic acids is 2. The average molecular weight is 337 g/mol. The lowest BCUT2D eigenvalue weighted by Gasteiger charge is -2.27. The molecule has 1 saturated heterocycles. The third kappa shape index (κ3) is 4.66. The summed E-state index contributed by atoms with van der Waals surface area (Å²) in [5, 5.41) is 3.08. The normalized spacial score (nSPS) is 16.2. The maximum absolute atomic E-state index is 12.6. The van der Waals surface area contributed by atoms with Crippen molar-refractivity contribution in [2.45, 2.75) is 31.7 Å². The Bertz CT molecular complexity index is 703. The second-order valence-electron chi connectivity index (χ2n) is 6.32. The van der Waals surface area contributed by atoms with Gasteiger partial charge in [0.1, 0.15) is 0 Å². The highest BCUT2D eigenvalue weighted by atomic mass is 16.2. The number of aromatic nitrogens is 1. The summed E-state index contributed by atoms with van der Waals surface area (Å²) in [6, 6.07) is 13.0. The molecule has 1 unspecified atom stereocenters. The molecular formula is C20H23N3O2. The van der Waals surface area contributed by atoms with Crippen LogP contribution in [-0.2, 0) is 4.79 Å². The molecule has 1 aromatic carbocycles. The van der Waals surface area contributed by atoms with Crippen molar-refractivity contribution < 1.29 is 9.59 Å². The summed E-state index contributed by atoms with van der Waals surface area (Å²) in [6.45, 7) is 1.26. The lowest BCUT2D eigenvalue weighted by molar-refractivity contribution is -0.131. The van der Waals surface area contributed by atoms with E-state index in [2.05, 4.69) is 10.3 Å². The third-order valence-electron chi connectivity index (χ3n) is 4.52. The molecule has 0 aliphatic carbocycles. The van der Waals surface area contributed by atoms with Gasteiger partial charge in [-0.3, -0.25) is 14.6 Å². The molecule has 130 valence electrons. The lowest BCUT2D eigenvalue weighted by atomic mass is 10.1. The summed E-state index contributed by atoms with van der Waals surface area (Å²) >= 11 is 0. The summed E-state index contributed by atoms with van der Waals surface area (Å²) in [6.07, 6.45) is 6.86. The van der Waals surface area contributed by atoms with E-state index in [-0.39, 0.29) is 17.9 Å². The number of likely N-dealkylation sites (tertiary alicyclic amines) is 1. The van der Waals surface area contributed by atoms with Crippen molar-refractivity contribution >= 4 is 11.8 Å². The summed E-state index contributed by atoms with van der Waals surface area (Å²) < 4.78 is 0. The van der Waals surface area contributed by atoms with E-state index in [0.29, 0.717) is 18.5 Å². The molecule has 25 heavy (non-hydrogen) atoms. The fourth-order valence-corrected chi connectivity index (χ4v) is 3.12. The van der Waals surface area contributed by atoms with Gasteiger partial charge in [0.25, 0.3) is 5.91 Å². The van der Waals surface area contributed by atoms with E-state index in [1.54, 1.807) is 24.5 Å². The first-order valence-corrected chi connectivity index (χ1v) is 8.77. The fourth-order valence-electron chi connectivity index (χ4n) is 3.12. The molecule has 5 heteroatoms. The molecule has 0 saturated carbocycles. The molecule has 1 aromatic heterocycles. The number of hydrogen-bond acceptors (Lipinski definition) is 3. The fraction of sp³-hybridized carbons (Fsp3) is 0.350. The van der Waals surface area contributed by atoms with Crippen LogP contribution in [0.1, 0.15) is 47.6 Å². The second-order valence-corrected chi connectivity index (χ2v) is 6.32. The number of hydrogen-bond donors (Lipinski definition) is 1. The van der Waals surface area contributed by atoms with Gasteiger partial charge in [0.2, 0.25) is 5.91 Å². The van der Waals surface area contributed by atoms with E-state index >= 15 is 0 Å². The van der Waals surface area contributed by atoms with Gasteiger partial charge in [-0.25, -0.2) is 0 Å². The van der Waals surface area contributed by atoms with Gasteiger partial charge < -0.3 is 10.2 Å². The summed E-state index contributed by atoms with van der Waals surface area (Å²) in [5.41, 5.74) is 1.57. The molecule has 0 spiro atoms. The van der Waals surface area contributed by atoms with Crippen LogP contribution in [-0.4, -0.2) is 34.8 Å². The number of nitrogens with one attached hydrogen (secondary N) is 1. The van der Waals surface area contributed by atoms with E-state index in [0.717, 1.165) is 31.4 Å². The molecule has 1 aliphatic rings. The van der Waals surface area contributed by atoms with Gasteiger partial charge in [-0.05, 0) is 30.5 Å². The molecule has 1 N–H and O–H groups in total. The van der Waals surface area contributed by atoms with E-state index in [9.17, 15) is 9.59 Å². The quantitative estimate of drug-likeness (QED) is 0.912. The average Bonchev–Trinajstić information content (AvgIpc) is 2.87. The maximum Gasteiger partial charge on any atom is 0.251 e. The molecule has 0 bridgehead atoms. The first kappa shape index (κ1) is 17.1. The van der Waals surface area contributed by atoms with Crippen molar-refractivity contribution in [3.05, 3.63) is 66.0 Å². The number of amides is 2. The molecule has 3 rings (SSSR count). The SMILES string of the molecule is O=C(NC(CN1CCCCCC1=O)c1ccccc1)c1ccncc1. The van der Waals surface area contributed by atoms with Crippen molar-refractivity contribution in [3.8, 4) is 0 Å². The van der Waals surface area contributed by atoms with E-state index in [4.69, 9.17) is 0 Å². The van der Waals surface area contributed by atoms with Crippen LogP contribution in [0.25, 0.3) is 0 Å². The Hall–Kier alpha value is -2.69. The van der Waals surface area contributed by atoms with Crippen LogP contribution < -0.4 is 5.32 Å². The molecule has 1 fully saturated rings. The number of benzene rings is 1. The molecule has 0 radical (unpaired) electrons. The lowest BCUT2D eigenvalue weighted by Crippen LogP contribution is -2.40. The van der Waals surface area contributed by atoms with Gasteiger partial charge in [-0.15, -0.1) is 0 Å². The zero-order chi connectivity index (χ0) is 17.5. The summed E-state index contributed by atoms with van der Waals surface area (Å²) in [5.74, 6) is 0.0233. The minimum atomic E-state index is -0.232. The van der Waals surface area contributed by atoms with Crippen molar-refractivity contribution in [3.63, 3.8) is 0 Å². The van der Waals surface area contributed by atoms with Crippen LogP contribution in [0.15, 0.2) is 54.9 Å². The van der Waals surface area contributed by atoms with Gasteiger partial charge in [0.15, 0.2) is 0 Å². The Morgan fingerprint density at radius 2 is 1.84 bits per heavy atom. The molecule has 1 atom stereocenters. The minimum absolute atomic E-state index is 0.154. The number of pyridine rings is 1. The van der Waals surface area contributed by atoms with Gasteiger partial charge in [-0.1, -0.05) is 36.8 Å². The van der Waals surface area contributed by atoms with E-state index in [1.165, 1.54) is 0 Å². The summed E-state index contributed by atoms with van der Waals surface area (Å²) in [4.78, 5) is 30.8. The van der Waals surface area contributed by atoms with E-state index in [1.807, 2.05) is 35.2 Å². The second kappa shape index (κ2) is 8.42. The summed E-state index contributed by atoms with van der Waals surface area (Å²) in [7, 11) is 0. The molecular weight excluding hydrogens is 314 g/mol. The Kier molecular flexibility index (Phi) is 5.77. The van der Waals surface area contributed by atoms with Gasteiger partial charge in [0, 0.05) is 37.5 Å². The van der Waals surface area contributed by atoms with Crippen LogP contribution in [0.4, 0.5) is 0 Å². The molecule has 5 nitrogen and oxygen atoms in total. The highest BCUT2D eigenvalue weighted by molar-refractivity contribution is 5.94. The van der Waals surface area contributed by atoms with Gasteiger partial charge in [-0.2, -0.15) is 0 Å². The highest BCUT2D eigenvalue weighted by Gasteiger charge is 2.23. The predicted molar refractivity (Wildman–Crippen MR) is 95.9 cm³/mol. The Morgan fingerprint density at radius 3 is 2.60 bits per heavy atom. The van der Waals surface area contributed by atoms with Crippen molar-refractivity contribution in [2.75, 3.05) is 13.1 Å². The highest BCUT2D eigenvalue weighted by Crippen LogP contribution is 2.19. The minimum Gasteiger partial charge on any atom is -0.343 e. The van der Waals surface area contributed by atoms with Crippen LogP contribution in [0.3, 0.4) is 0 Å². The Balaban J connectivity index is 1.78. The van der Waals surface area contributed by atoms with Gasteiger partial charge >= 0.3 is 0 Å². The number of nitrogens with zero attached hydrogens (tertiary/aromatic N) is 2. The standard InChI is InChI=1S/C20H23N3O2/c24-19-9-5-2-6-14-23(19)15-18(16-7-3-1-4-8-16)22-20(25)17-10-12-21-13-11-17/h1,3-4,7-8,10-13,18H,2,5-6,9,14-15H2,(H,22,25). The van der Waals surface area contributed by atoms with Crippen molar-refractivity contribution in [2.24, 2.45) is 0 Å². The zero-order valence-electron chi connectivity index (χ0n) is 14.2. The first-order valence-electron chi connectivity index (χ1n) is 8.77. The largest absolute Gasteiger partial charge is 0.343 e. The number of carbonyl (C=O) groups is 2. The first-order chi connectivity index (χ1) is 12.2. The third-order valence-corrected chi connectivity index (χ3v) is 4.52. The van der Waals surface area contributed by atoms with Crippen molar-refractivity contribution in [1.29, 1.82) is 0 Å². The van der Waals surface area contributed by atoms with Crippen molar-refractivity contribution in [1.82, 2.24) is 15.2 Å². The maximum atomic E-state index is 12.6. The monoisotopic (exact) mass is 337 g/mol. The van der Waals surface area contributed by atoms with Crippen LogP contribution in [0, 0.1) is 0 Å². The van der Waals surface area contributed by atoms with Crippen LogP contribution in [0.5, 0.6) is 0 Å². The van der Waals surface area contributed by atoms with Gasteiger partial charge in [0.05, 0.1) is 6.04 Å². The predicted octanol–water partition coefficient (Wildman–Crippen LogP) is 2.96. The molecule has 2 amide bonds. The molecule has 2 heterocycles. The topological polar surface area (TPSA) is 62.3 Å². The van der Waals surface area contributed by atoms with Crippen LogP contribution in [0.2, 0.25) is 0 Å². The molecule has 2 aromatic rings. The smallest absolute Gasteiger partial charge is 0.251 e. The van der Waals surface area contributed by atoms with Crippen LogP contribution >= 0.6 is 0 Å². The Morgan fingerprint density at radius 1 is 1.08 bits per heavy atom. The Labute approximate surface area is 148 Å². The zero-order valence-corrected chi connectivity index (χ0v) is 14.2. The van der Waals surface area contributed by atoms with E-state index < -0.39 is 0 Å². The molecule has 1 aliphatic heterocycles.